The van der Waals surface area contributed by atoms with Gasteiger partial charge >= 0.3 is 5.97 Å². The number of benzene rings is 1. The van der Waals surface area contributed by atoms with E-state index in [9.17, 15) is 14.3 Å². The number of carbonyl (C=O) groups is 1. The number of carboxylic acid groups (broad SMARTS) is 1. The van der Waals surface area contributed by atoms with Crippen LogP contribution in [0.2, 0.25) is 0 Å². The number of halogens is 1. The van der Waals surface area contributed by atoms with Crippen LogP contribution in [-0.4, -0.2) is 29.8 Å². The lowest BCUT2D eigenvalue weighted by molar-refractivity contribution is -0.145. The summed E-state index contributed by atoms with van der Waals surface area (Å²) in [5.41, 5.74) is 4.59. The Morgan fingerprint density at radius 2 is 1.85 bits per heavy atom. The van der Waals surface area contributed by atoms with E-state index in [1.807, 2.05) is 20.8 Å². The van der Waals surface area contributed by atoms with Crippen LogP contribution in [0, 0.1) is 5.82 Å². The second-order valence-electron chi connectivity index (χ2n) is 5.81. The molecule has 20 heavy (non-hydrogen) atoms. The zero-order valence-electron chi connectivity index (χ0n) is 12.1. The predicted octanol–water partition coefficient (Wildman–Crippen LogP) is 2.31. The maximum absolute atomic E-state index is 13.0. The maximum Gasteiger partial charge on any atom is 0.315 e. The first-order valence-corrected chi connectivity index (χ1v) is 6.55. The highest BCUT2D eigenvalue weighted by atomic mass is 19.1. The molecule has 0 aliphatic rings. The number of aliphatic carboxylic acids is 1. The van der Waals surface area contributed by atoms with Gasteiger partial charge in [0.25, 0.3) is 0 Å². The molecule has 0 saturated carbocycles. The van der Waals surface area contributed by atoms with Gasteiger partial charge in [0.1, 0.15) is 11.2 Å². The van der Waals surface area contributed by atoms with Gasteiger partial charge in [0, 0.05) is 13.2 Å². The molecule has 112 valence electrons. The third kappa shape index (κ3) is 4.02. The Bertz CT molecular complexity index is 453. The fourth-order valence-electron chi connectivity index (χ4n) is 1.98. The zero-order chi connectivity index (χ0) is 15.4. The van der Waals surface area contributed by atoms with Gasteiger partial charge in [0.05, 0.1) is 5.60 Å². The van der Waals surface area contributed by atoms with Gasteiger partial charge in [-0.05, 0) is 44.9 Å². The van der Waals surface area contributed by atoms with E-state index in [1.54, 1.807) is 0 Å². The summed E-state index contributed by atoms with van der Waals surface area (Å²) in [5.74, 6) is -1.43. The van der Waals surface area contributed by atoms with Crippen molar-refractivity contribution < 1.29 is 19.0 Å². The van der Waals surface area contributed by atoms with Gasteiger partial charge in [0.15, 0.2) is 0 Å². The van der Waals surface area contributed by atoms with Crippen LogP contribution in [-0.2, 0) is 14.9 Å². The monoisotopic (exact) mass is 283 g/mol. The largest absolute Gasteiger partial charge is 0.481 e. The summed E-state index contributed by atoms with van der Waals surface area (Å²) in [6.45, 7) is 5.90. The molecule has 0 aromatic heterocycles. The summed E-state index contributed by atoms with van der Waals surface area (Å²) in [6, 6.07) is 5.42. The summed E-state index contributed by atoms with van der Waals surface area (Å²) in [7, 11) is 0. The van der Waals surface area contributed by atoms with E-state index in [0.717, 1.165) is 0 Å². The zero-order valence-corrected chi connectivity index (χ0v) is 12.1. The van der Waals surface area contributed by atoms with Crippen molar-refractivity contribution in [3.63, 3.8) is 0 Å². The summed E-state index contributed by atoms with van der Waals surface area (Å²) in [5, 5.41) is 9.55. The SMILES string of the molecule is CC(C)(C)OCCC(CN)(C(=O)O)c1ccc(F)cc1. The van der Waals surface area contributed by atoms with Crippen LogP contribution in [0.1, 0.15) is 32.8 Å². The molecular weight excluding hydrogens is 261 g/mol. The first-order valence-electron chi connectivity index (χ1n) is 6.55. The van der Waals surface area contributed by atoms with Gasteiger partial charge in [-0.25, -0.2) is 4.39 Å². The van der Waals surface area contributed by atoms with Gasteiger partial charge < -0.3 is 15.6 Å². The maximum atomic E-state index is 13.0. The summed E-state index contributed by atoms with van der Waals surface area (Å²) >= 11 is 0. The van der Waals surface area contributed by atoms with Crippen LogP contribution in [0.15, 0.2) is 24.3 Å². The van der Waals surface area contributed by atoms with Crippen molar-refractivity contribution >= 4 is 5.97 Å². The van der Waals surface area contributed by atoms with Crippen molar-refractivity contribution in [1.29, 1.82) is 0 Å². The molecule has 1 aromatic carbocycles. The Labute approximate surface area is 118 Å². The van der Waals surface area contributed by atoms with E-state index in [-0.39, 0.29) is 25.2 Å². The van der Waals surface area contributed by atoms with Gasteiger partial charge in [0.2, 0.25) is 0 Å². The van der Waals surface area contributed by atoms with E-state index in [0.29, 0.717) is 5.56 Å². The predicted molar refractivity (Wildman–Crippen MR) is 75.1 cm³/mol. The molecule has 4 nitrogen and oxygen atoms in total. The van der Waals surface area contributed by atoms with Gasteiger partial charge in [-0.15, -0.1) is 0 Å². The van der Waals surface area contributed by atoms with Crippen molar-refractivity contribution in [2.45, 2.75) is 38.2 Å². The molecular formula is C15H22FNO3. The Morgan fingerprint density at radius 1 is 1.30 bits per heavy atom. The normalized spacial score (nSPS) is 14.8. The molecule has 0 bridgehead atoms. The number of hydrogen-bond donors (Lipinski definition) is 2. The lowest BCUT2D eigenvalue weighted by atomic mass is 9.78. The van der Waals surface area contributed by atoms with Crippen molar-refractivity contribution in [3.8, 4) is 0 Å². The smallest absolute Gasteiger partial charge is 0.315 e. The van der Waals surface area contributed by atoms with Crippen molar-refractivity contribution in [2.75, 3.05) is 13.2 Å². The Kier molecular flexibility index (Phi) is 5.25. The fourth-order valence-corrected chi connectivity index (χ4v) is 1.98. The molecule has 0 aliphatic heterocycles. The molecule has 0 heterocycles. The van der Waals surface area contributed by atoms with E-state index >= 15 is 0 Å². The van der Waals surface area contributed by atoms with Crippen molar-refractivity contribution in [1.82, 2.24) is 0 Å². The molecule has 1 rings (SSSR count). The molecule has 1 atom stereocenters. The average molecular weight is 283 g/mol. The van der Waals surface area contributed by atoms with E-state index < -0.39 is 17.2 Å². The summed E-state index contributed by atoms with van der Waals surface area (Å²) in [4.78, 5) is 11.7. The lowest BCUT2D eigenvalue weighted by Gasteiger charge is -2.30. The molecule has 1 unspecified atom stereocenters. The number of nitrogens with two attached hydrogens (primary N) is 1. The third-order valence-electron chi connectivity index (χ3n) is 3.22. The number of ether oxygens (including phenoxy) is 1. The molecule has 0 spiro atoms. The minimum absolute atomic E-state index is 0.0680. The molecule has 1 aromatic rings. The number of hydrogen-bond acceptors (Lipinski definition) is 3. The highest BCUT2D eigenvalue weighted by Crippen LogP contribution is 2.28. The van der Waals surface area contributed by atoms with Gasteiger partial charge in [-0.1, -0.05) is 12.1 Å². The van der Waals surface area contributed by atoms with E-state index in [4.69, 9.17) is 10.5 Å². The molecule has 5 heteroatoms. The van der Waals surface area contributed by atoms with Crippen LogP contribution in [0.3, 0.4) is 0 Å². The highest BCUT2D eigenvalue weighted by Gasteiger charge is 2.39. The second-order valence-corrected chi connectivity index (χ2v) is 5.81. The topological polar surface area (TPSA) is 72.5 Å². The highest BCUT2D eigenvalue weighted by molar-refractivity contribution is 5.81. The minimum Gasteiger partial charge on any atom is -0.481 e. The summed E-state index contributed by atoms with van der Waals surface area (Å²) < 4.78 is 18.6. The third-order valence-corrected chi connectivity index (χ3v) is 3.22. The molecule has 0 saturated heterocycles. The fraction of sp³-hybridized carbons (Fsp3) is 0.533. The standard InChI is InChI=1S/C15H22FNO3/c1-14(2,3)20-9-8-15(10-17,13(18)19)11-4-6-12(16)7-5-11/h4-7H,8-10,17H2,1-3H3,(H,18,19). The van der Waals surface area contributed by atoms with Gasteiger partial charge in [-0.3, -0.25) is 4.79 Å². The van der Waals surface area contributed by atoms with Crippen LogP contribution in [0.25, 0.3) is 0 Å². The molecule has 0 aliphatic carbocycles. The second kappa shape index (κ2) is 6.33. The number of carboxylic acids is 1. The van der Waals surface area contributed by atoms with Crippen LogP contribution < -0.4 is 5.73 Å². The Hall–Kier alpha value is -1.46. The average Bonchev–Trinajstić information content (AvgIpc) is 2.34. The Balaban J connectivity index is 2.97. The minimum atomic E-state index is -1.25. The first-order chi connectivity index (χ1) is 9.21. The van der Waals surface area contributed by atoms with E-state index in [1.165, 1.54) is 24.3 Å². The molecule has 0 radical (unpaired) electrons. The number of rotatable bonds is 6. The van der Waals surface area contributed by atoms with Crippen LogP contribution in [0.4, 0.5) is 4.39 Å². The van der Waals surface area contributed by atoms with Crippen molar-refractivity contribution in [2.24, 2.45) is 5.73 Å². The lowest BCUT2D eigenvalue weighted by Crippen LogP contribution is -2.44. The molecule has 0 fully saturated rings. The summed E-state index contributed by atoms with van der Waals surface area (Å²) in [6.07, 6.45) is 0.238. The quantitative estimate of drug-likeness (QED) is 0.840. The molecule has 3 N–H and O–H groups in total. The van der Waals surface area contributed by atoms with Crippen LogP contribution >= 0.6 is 0 Å². The van der Waals surface area contributed by atoms with Crippen molar-refractivity contribution in [3.05, 3.63) is 35.6 Å². The molecule has 0 amide bonds. The van der Waals surface area contributed by atoms with E-state index in [2.05, 4.69) is 0 Å². The van der Waals surface area contributed by atoms with Crippen LogP contribution in [0.5, 0.6) is 0 Å². The first kappa shape index (κ1) is 16.6. The van der Waals surface area contributed by atoms with Gasteiger partial charge in [-0.2, -0.15) is 0 Å². The Morgan fingerprint density at radius 3 is 2.25 bits per heavy atom.